The zero-order valence-corrected chi connectivity index (χ0v) is 15.6. The van der Waals surface area contributed by atoms with Crippen molar-refractivity contribution in [1.82, 2.24) is 4.98 Å². The molecule has 1 aliphatic heterocycles. The number of fused-ring (bicyclic) bond motifs is 1. The summed E-state index contributed by atoms with van der Waals surface area (Å²) in [5.41, 5.74) is 5.00. The van der Waals surface area contributed by atoms with Gasteiger partial charge in [0.2, 0.25) is 0 Å². The fraction of sp³-hybridized carbons (Fsp3) is 0.217. The molecule has 0 aliphatic carbocycles. The van der Waals surface area contributed by atoms with E-state index in [0.717, 1.165) is 29.9 Å². The molecule has 0 saturated carbocycles. The second kappa shape index (κ2) is 7.23. The molecule has 0 fully saturated rings. The Balaban J connectivity index is 1.67. The van der Waals surface area contributed by atoms with Crippen LogP contribution in [0.25, 0.3) is 0 Å². The lowest BCUT2D eigenvalue weighted by atomic mass is 10.0. The van der Waals surface area contributed by atoms with Crippen LogP contribution in [0.3, 0.4) is 0 Å². The first-order valence-corrected chi connectivity index (χ1v) is 9.36. The van der Waals surface area contributed by atoms with Crippen molar-refractivity contribution in [2.75, 3.05) is 16.8 Å². The first kappa shape index (κ1) is 17.3. The van der Waals surface area contributed by atoms with Crippen LogP contribution in [-0.2, 0) is 6.42 Å². The summed E-state index contributed by atoms with van der Waals surface area (Å²) in [6.07, 6.45) is 2.71. The van der Waals surface area contributed by atoms with E-state index in [1.54, 1.807) is 6.20 Å². The number of rotatable bonds is 4. The predicted molar refractivity (Wildman–Crippen MR) is 110 cm³/mol. The molecule has 1 aliphatic rings. The highest BCUT2D eigenvalue weighted by Gasteiger charge is 2.25. The van der Waals surface area contributed by atoms with Crippen LogP contribution in [0.15, 0.2) is 66.9 Å². The number of nitrogens with one attached hydrogen (secondary N) is 1. The van der Waals surface area contributed by atoms with Crippen molar-refractivity contribution in [3.05, 3.63) is 83.6 Å². The van der Waals surface area contributed by atoms with E-state index in [4.69, 9.17) is 0 Å². The molecule has 0 radical (unpaired) electrons. The molecule has 1 amide bonds. The van der Waals surface area contributed by atoms with Gasteiger partial charge in [-0.3, -0.25) is 4.79 Å². The first-order chi connectivity index (χ1) is 13.1. The number of pyridine rings is 1. The number of anilines is 3. The number of benzene rings is 2. The molecular weight excluding hydrogens is 334 g/mol. The summed E-state index contributed by atoms with van der Waals surface area (Å²) in [6.45, 7) is 5.09. The molecule has 2 heterocycles. The lowest BCUT2D eigenvalue weighted by Crippen LogP contribution is -2.21. The molecule has 1 N–H and O–H groups in total. The molecule has 0 saturated heterocycles. The summed E-state index contributed by atoms with van der Waals surface area (Å²) in [5, 5.41) is 3.09. The Morgan fingerprint density at radius 3 is 2.67 bits per heavy atom. The monoisotopic (exact) mass is 357 g/mol. The third-order valence-corrected chi connectivity index (χ3v) is 5.01. The van der Waals surface area contributed by atoms with Gasteiger partial charge in [-0.2, -0.15) is 0 Å². The highest BCUT2D eigenvalue weighted by molar-refractivity contribution is 6.08. The number of hydrogen-bond acceptors (Lipinski definition) is 3. The standard InChI is InChI=1S/C23H23N3O/c1-16(2)18-9-4-5-11-20(18)25-23(27)19-10-7-14-24-22(19)26-15-13-17-8-3-6-12-21(17)26/h3-12,14,16H,13,15H2,1-2H3,(H,25,27). The first-order valence-electron chi connectivity index (χ1n) is 9.36. The van der Waals surface area contributed by atoms with E-state index in [-0.39, 0.29) is 5.91 Å². The Kier molecular flexibility index (Phi) is 4.63. The summed E-state index contributed by atoms with van der Waals surface area (Å²) < 4.78 is 0. The normalized spacial score (nSPS) is 12.9. The molecule has 4 rings (SSSR count). The van der Waals surface area contributed by atoms with Crippen molar-refractivity contribution in [1.29, 1.82) is 0 Å². The minimum Gasteiger partial charge on any atom is -0.325 e. The van der Waals surface area contributed by atoms with Crippen molar-refractivity contribution < 1.29 is 4.79 Å². The SMILES string of the molecule is CC(C)c1ccccc1NC(=O)c1cccnc1N1CCc2ccccc21. The second-order valence-electron chi connectivity index (χ2n) is 7.10. The van der Waals surface area contributed by atoms with Gasteiger partial charge in [0.1, 0.15) is 5.82 Å². The number of carbonyl (C=O) groups excluding carboxylic acids is 1. The Bertz CT molecular complexity index is 981. The fourth-order valence-electron chi connectivity index (χ4n) is 3.65. The molecule has 0 atom stereocenters. The van der Waals surface area contributed by atoms with E-state index in [9.17, 15) is 4.79 Å². The van der Waals surface area contributed by atoms with Crippen LogP contribution < -0.4 is 10.2 Å². The van der Waals surface area contributed by atoms with E-state index in [1.165, 1.54) is 5.56 Å². The summed E-state index contributed by atoms with van der Waals surface area (Å²) in [5.74, 6) is 0.915. The quantitative estimate of drug-likeness (QED) is 0.702. The van der Waals surface area contributed by atoms with Crippen LogP contribution in [0.5, 0.6) is 0 Å². The average Bonchev–Trinajstić information content (AvgIpc) is 3.12. The molecule has 0 spiro atoms. The molecule has 2 aromatic carbocycles. The lowest BCUT2D eigenvalue weighted by molar-refractivity contribution is 0.102. The van der Waals surface area contributed by atoms with E-state index >= 15 is 0 Å². The fourth-order valence-corrected chi connectivity index (χ4v) is 3.65. The van der Waals surface area contributed by atoms with Crippen LogP contribution in [0.4, 0.5) is 17.2 Å². The number of hydrogen-bond donors (Lipinski definition) is 1. The maximum atomic E-state index is 13.1. The minimum absolute atomic E-state index is 0.129. The smallest absolute Gasteiger partial charge is 0.259 e. The lowest BCUT2D eigenvalue weighted by Gasteiger charge is -2.21. The second-order valence-corrected chi connectivity index (χ2v) is 7.10. The number of para-hydroxylation sites is 2. The van der Waals surface area contributed by atoms with Crippen LogP contribution >= 0.6 is 0 Å². The van der Waals surface area contributed by atoms with Gasteiger partial charge >= 0.3 is 0 Å². The molecule has 0 unspecified atom stereocenters. The average molecular weight is 357 g/mol. The molecule has 4 heteroatoms. The van der Waals surface area contributed by atoms with E-state index in [2.05, 4.69) is 53.3 Å². The van der Waals surface area contributed by atoms with Crippen molar-refractivity contribution in [3.8, 4) is 0 Å². The van der Waals surface area contributed by atoms with Crippen LogP contribution in [0.2, 0.25) is 0 Å². The summed E-state index contributed by atoms with van der Waals surface area (Å²) in [6, 6.07) is 19.9. The summed E-state index contributed by atoms with van der Waals surface area (Å²) in [4.78, 5) is 19.8. The zero-order valence-electron chi connectivity index (χ0n) is 15.6. The van der Waals surface area contributed by atoms with E-state index in [0.29, 0.717) is 17.3 Å². The van der Waals surface area contributed by atoms with Crippen LogP contribution in [0.1, 0.15) is 41.3 Å². The highest BCUT2D eigenvalue weighted by Crippen LogP contribution is 2.35. The van der Waals surface area contributed by atoms with Gasteiger partial charge in [-0.05, 0) is 47.7 Å². The van der Waals surface area contributed by atoms with Crippen molar-refractivity contribution >= 4 is 23.1 Å². The van der Waals surface area contributed by atoms with Gasteiger partial charge in [0, 0.05) is 24.1 Å². The predicted octanol–water partition coefficient (Wildman–Crippen LogP) is 5.15. The maximum Gasteiger partial charge on any atom is 0.259 e. The molecule has 0 bridgehead atoms. The van der Waals surface area contributed by atoms with Gasteiger partial charge in [0.05, 0.1) is 5.56 Å². The Morgan fingerprint density at radius 2 is 1.81 bits per heavy atom. The zero-order chi connectivity index (χ0) is 18.8. The highest BCUT2D eigenvalue weighted by atomic mass is 16.1. The Hall–Kier alpha value is -3.14. The van der Waals surface area contributed by atoms with Crippen LogP contribution in [0, 0.1) is 0 Å². The van der Waals surface area contributed by atoms with Crippen molar-refractivity contribution in [2.24, 2.45) is 0 Å². The van der Waals surface area contributed by atoms with E-state index in [1.807, 2.05) is 36.4 Å². The van der Waals surface area contributed by atoms with Gasteiger partial charge < -0.3 is 10.2 Å². The summed E-state index contributed by atoms with van der Waals surface area (Å²) in [7, 11) is 0. The van der Waals surface area contributed by atoms with Crippen molar-refractivity contribution in [3.63, 3.8) is 0 Å². The topological polar surface area (TPSA) is 45.2 Å². The number of nitrogens with zero attached hydrogens (tertiary/aromatic N) is 2. The maximum absolute atomic E-state index is 13.1. The number of amides is 1. The van der Waals surface area contributed by atoms with Gasteiger partial charge in [-0.25, -0.2) is 4.98 Å². The number of carbonyl (C=O) groups is 1. The largest absolute Gasteiger partial charge is 0.325 e. The van der Waals surface area contributed by atoms with Gasteiger partial charge in [-0.15, -0.1) is 0 Å². The Labute approximate surface area is 159 Å². The molecule has 3 aromatic rings. The molecule has 136 valence electrons. The molecular formula is C23H23N3O. The molecule has 1 aromatic heterocycles. The minimum atomic E-state index is -0.129. The Morgan fingerprint density at radius 1 is 1.04 bits per heavy atom. The van der Waals surface area contributed by atoms with Gasteiger partial charge in [0.25, 0.3) is 5.91 Å². The number of aromatic nitrogens is 1. The summed E-state index contributed by atoms with van der Waals surface area (Å²) >= 11 is 0. The van der Waals surface area contributed by atoms with Crippen molar-refractivity contribution in [2.45, 2.75) is 26.2 Å². The van der Waals surface area contributed by atoms with Gasteiger partial charge in [-0.1, -0.05) is 50.2 Å². The van der Waals surface area contributed by atoms with Crippen LogP contribution in [-0.4, -0.2) is 17.4 Å². The molecule has 4 nitrogen and oxygen atoms in total. The van der Waals surface area contributed by atoms with Gasteiger partial charge in [0.15, 0.2) is 0 Å². The third-order valence-electron chi connectivity index (χ3n) is 5.01. The third kappa shape index (κ3) is 3.31. The van der Waals surface area contributed by atoms with E-state index < -0.39 is 0 Å². The molecule has 27 heavy (non-hydrogen) atoms.